The van der Waals surface area contributed by atoms with Crippen molar-refractivity contribution in [1.29, 1.82) is 0 Å². The van der Waals surface area contributed by atoms with Crippen LogP contribution in [-0.2, 0) is 21.2 Å². The summed E-state index contributed by atoms with van der Waals surface area (Å²) in [6.07, 6.45) is 0.579. The highest BCUT2D eigenvalue weighted by molar-refractivity contribution is 7.89. The molecule has 2 aromatic carbocycles. The highest BCUT2D eigenvalue weighted by Crippen LogP contribution is 2.39. The average Bonchev–Trinajstić information content (AvgIpc) is 3.59. The Balaban J connectivity index is 0.000000566. The van der Waals surface area contributed by atoms with Crippen molar-refractivity contribution in [2.24, 2.45) is 11.7 Å². The van der Waals surface area contributed by atoms with E-state index in [-0.39, 0.29) is 11.7 Å². The van der Waals surface area contributed by atoms with E-state index in [0.717, 1.165) is 59.8 Å². The fraction of sp³-hybridized carbons (Fsp3) is 0.484. The van der Waals surface area contributed by atoms with Gasteiger partial charge in [-0.3, -0.25) is 4.79 Å². The van der Waals surface area contributed by atoms with Gasteiger partial charge in [-0.1, -0.05) is 26.0 Å². The maximum Gasteiger partial charge on any atom is 0.490 e. The average molecular weight is 637 g/mol. The number of carboxylic acid groups (broad SMARTS) is 1. The Hall–Kier alpha value is -3.42. The Morgan fingerprint density at radius 1 is 1.09 bits per heavy atom. The normalized spacial score (nSPS) is 17.8. The minimum atomic E-state index is -5.08. The number of alkyl halides is 3. The first-order valence-electron chi connectivity index (χ1n) is 14.7. The molecule has 240 valence electrons. The van der Waals surface area contributed by atoms with E-state index in [4.69, 9.17) is 15.6 Å². The number of nitrogens with zero attached hydrogens (tertiary/aromatic N) is 1. The zero-order valence-corrected chi connectivity index (χ0v) is 25.8. The maximum absolute atomic E-state index is 12.5. The first-order chi connectivity index (χ1) is 20.6. The van der Waals surface area contributed by atoms with Crippen molar-refractivity contribution >= 4 is 32.8 Å². The van der Waals surface area contributed by atoms with Crippen LogP contribution in [0.5, 0.6) is 0 Å². The number of nitrogens with one attached hydrogen (secondary N) is 2. The Morgan fingerprint density at radius 2 is 1.75 bits per heavy atom. The molecule has 9 nitrogen and oxygen atoms in total. The van der Waals surface area contributed by atoms with Crippen molar-refractivity contribution in [2.75, 3.05) is 25.4 Å². The SMILES string of the molecule is CCS(=O)(=O)N1CCC(c2c[nH]c3c(C(N)=O)cc(-c4ccc5c(c4)C(NCC(C)C)CC5)cc23)CC1.O=C(O)C(F)(F)F. The van der Waals surface area contributed by atoms with Crippen LogP contribution in [0, 0.1) is 5.92 Å². The molecule has 0 saturated carbocycles. The van der Waals surface area contributed by atoms with Gasteiger partial charge in [0.25, 0.3) is 5.91 Å². The standard InChI is InChI=1S/C29H38N4O3S.C2HF3O2/c1-4-37(35,36)33-11-9-20(10-12-33)26-17-32-28-24(26)14-22(15-25(28)29(30)34)21-6-5-19-7-8-27(23(19)13-21)31-16-18(2)3;3-2(4,5)1(6)7/h5-6,13-15,17-18,20,27,31-32H,4,7-12,16H2,1-3H3,(H2,30,34);(H,6,7). The maximum atomic E-state index is 12.5. The van der Waals surface area contributed by atoms with E-state index < -0.39 is 28.1 Å². The molecule has 2 heterocycles. The molecule has 1 amide bonds. The smallest absolute Gasteiger partial charge is 0.475 e. The number of rotatable bonds is 8. The van der Waals surface area contributed by atoms with Crippen LogP contribution in [0.15, 0.2) is 36.5 Å². The summed E-state index contributed by atoms with van der Waals surface area (Å²) in [6.45, 7) is 8.16. The number of aryl methyl sites for hydroxylation is 1. The molecule has 5 rings (SSSR count). The molecule has 1 aliphatic heterocycles. The second kappa shape index (κ2) is 13.3. The van der Waals surface area contributed by atoms with Crippen molar-refractivity contribution in [3.8, 4) is 11.1 Å². The van der Waals surface area contributed by atoms with Crippen LogP contribution in [0.2, 0.25) is 0 Å². The number of aromatic amines is 1. The first-order valence-corrected chi connectivity index (χ1v) is 16.3. The number of nitrogens with two attached hydrogens (primary N) is 1. The molecule has 2 aliphatic rings. The number of fused-ring (bicyclic) bond motifs is 2. The van der Waals surface area contributed by atoms with E-state index in [0.29, 0.717) is 30.6 Å². The number of piperidine rings is 1. The predicted molar refractivity (Wildman–Crippen MR) is 163 cm³/mol. The van der Waals surface area contributed by atoms with Crippen LogP contribution in [0.4, 0.5) is 13.2 Å². The van der Waals surface area contributed by atoms with Gasteiger partial charge in [0, 0.05) is 30.7 Å². The van der Waals surface area contributed by atoms with Crippen LogP contribution in [0.25, 0.3) is 22.0 Å². The second-order valence-electron chi connectivity index (χ2n) is 11.7. The lowest BCUT2D eigenvalue weighted by Gasteiger charge is -2.31. The molecule has 5 N–H and O–H groups in total. The number of carbonyl (C=O) groups is 2. The molecule has 1 unspecified atom stereocenters. The van der Waals surface area contributed by atoms with E-state index >= 15 is 0 Å². The first kappa shape index (κ1) is 33.5. The number of aliphatic carboxylic acids is 1. The largest absolute Gasteiger partial charge is 0.490 e. The molecule has 1 saturated heterocycles. The molecule has 0 bridgehead atoms. The molecule has 0 radical (unpaired) electrons. The van der Waals surface area contributed by atoms with E-state index in [1.807, 2.05) is 12.3 Å². The molecule has 1 atom stereocenters. The Bertz CT molecular complexity index is 1630. The summed E-state index contributed by atoms with van der Waals surface area (Å²) in [7, 11) is -3.18. The van der Waals surface area contributed by atoms with Gasteiger partial charge in [0.05, 0.1) is 16.8 Å². The highest BCUT2D eigenvalue weighted by Gasteiger charge is 2.38. The van der Waals surface area contributed by atoms with Gasteiger partial charge in [0.15, 0.2) is 0 Å². The van der Waals surface area contributed by atoms with Crippen molar-refractivity contribution in [1.82, 2.24) is 14.6 Å². The van der Waals surface area contributed by atoms with E-state index in [1.165, 1.54) is 11.1 Å². The summed E-state index contributed by atoms with van der Waals surface area (Å²) in [5, 5.41) is 11.8. The lowest BCUT2D eigenvalue weighted by molar-refractivity contribution is -0.192. The predicted octanol–water partition coefficient (Wildman–Crippen LogP) is 5.33. The van der Waals surface area contributed by atoms with Crippen molar-refractivity contribution in [3.05, 3.63) is 58.8 Å². The van der Waals surface area contributed by atoms with Crippen molar-refractivity contribution < 1.29 is 36.3 Å². The summed E-state index contributed by atoms with van der Waals surface area (Å²) < 4.78 is 58.0. The van der Waals surface area contributed by atoms with Gasteiger partial charge in [-0.15, -0.1) is 0 Å². The number of benzene rings is 2. The summed E-state index contributed by atoms with van der Waals surface area (Å²) in [5.41, 5.74) is 13.0. The molecular weight excluding hydrogens is 597 g/mol. The monoisotopic (exact) mass is 636 g/mol. The summed E-state index contributed by atoms with van der Waals surface area (Å²) in [6, 6.07) is 11.1. The number of carbonyl (C=O) groups excluding carboxylic acids is 1. The Kier molecular flexibility index (Phi) is 10.1. The van der Waals surface area contributed by atoms with Gasteiger partial charge in [0.2, 0.25) is 10.0 Å². The van der Waals surface area contributed by atoms with Crippen LogP contribution in [-0.4, -0.2) is 66.3 Å². The molecule has 13 heteroatoms. The van der Waals surface area contributed by atoms with E-state index in [1.54, 1.807) is 11.2 Å². The lowest BCUT2D eigenvalue weighted by atomic mass is 9.88. The van der Waals surface area contributed by atoms with Gasteiger partial charge < -0.3 is 21.1 Å². The van der Waals surface area contributed by atoms with Gasteiger partial charge in [0.1, 0.15) is 0 Å². The van der Waals surface area contributed by atoms with E-state index in [2.05, 4.69) is 48.4 Å². The number of amides is 1. The second-order valence-corrected chi connectivity index (χ2v) is 14.0. The number of carboxylic acids is 1. The Morgan fingerprint density at radius 3 is 2.32 bits per heavy atom. The number of primary amides is 1. The van der Waals surface area contributed by atoms with Gasteiger partial charge >= 0.3 is 12.1 Å². The quantitative estimate of drug-likeness (QED) is 0.263. The number of hydrogen-bond donors (Lipinski definition) is 4. The summed E-state index contributed by atoms with van der Waals surface area (Å²) in [5.74, 6) is -2.27. The molecule has 1 aromatic heterocycles. The third-order valence-corrected chi connectivity index (χ3v) is 10.2. The molecular formula is C31H39F3N4O5S. The Labute approximate surface area is 255 Å². The van der Waals surface area contributed by atoms with Crippen LogP contribution >= 0.6 is 0 Å². The van der Waals surface area contributed by atoms with Crippen molar-refractivity contribution in [3.63, 3.8) is 0 Å². The fourth-order valence-corrected chi connectivity index (χ4v) is 7.08. The van der Waals surface area contributed by atoms with Crippen LogP contribution in [0.1, 0.15) is 79.0 Å². The molecule has 0 spiro atoms. The fourth-order valence-electron chi connectivity index (χ4n) is 5.95. The molecule has 44 heavy (non-hydrogen) atoms. The van der Waals surface area contributed by atoms with Crippen molar-refractivity contribution in [2.45, 2.75) is 64.6 Å². The number of aromatic nitrogens is 1. The summed E-state index contributed by atoms with van der Waals surface area (Å²) >= 11 is 0. The van der Waals surface area contributed by atoms with Gasteiger partial charge in [-0.2, -0.15) is 13.2 Å². The molecule has 3 aromatic rings. The molecule has 1 aliphatic carbocycles. The third-order valence-electron chi connectivity index (χ3n) is 8.31. The highest BCUT2D eigenvalue weighted by atomic mass is 32.2. The van der Waals surface area contributed by atoms with E-state index in [9.17, 15) is 26.4 Å². The molecule has 1 fully saturated rings. The van der Waals surface area contributed by atoms with Crippen LogP contribution < -0.4 is 11.1 Å². The number of halogens is 3. The minimum Gasteiger partial charge on any atom is -0.475 e. The topological polar surface area (TPSA) is 146 Å². The third kappa shape index (κ3) is 7.44. The number of sulfonamides is 1. The zero-order valence-electron chi connectivity index (χ0n) is 25.0. The minimum absolute atomic E-state index is 0.130. The lowest BCUT2D eigenvalue weighted by Crippen LogP contribution is -2.38. The number of hydrogen-bond acceptors (Lipinski definition) is 5. The van der Waals surface area contributed by atoms with Gasteiger partial charge in [-0.05, 0) is 97.0 Å². The number of H-pyrrole nitrogens is 1. The zero-order chi connectivity index (χ0) is 32.4. The van der Waals surface area contributed by atoms with Gasteiger partial charge in [-0.25, -0.2) is 17.5 Å². The summed E-state index contributed by atoms with van der Waals surface area (Å²) in [4.78, 5) is 24.7. The van der Waals surface area contributed by atoms with Crippen LogP contribution in [0.3, 0.4) is 0 Å².